The summed E-state index contributed by atoms with van der Waals surface area (Å²) < 4.78 is 1.52. The lowest BCUT2D eigenvalue weighted by atomic mass is 10.1. The second-order valence-corrected chi connectivity index (χ2v) is 6.48. The van der Waals surface area contributed by atoms with Gasteiger partial charge in [0.25, 0.3) is 5.91 Å². The van der Waals surface area contributed by atoms with Crippen LogP contribution in [-0.4, -0.2) is 25.4 Å². The minimum absolute atomic E-state index is 0.163. The molecule has 2 heterocycles. The Morgan fingerprint density at radius 1 is 1.11 bits per heavy atom. The predicted molar refractivity (Wildman–Crippen MR) is 106 cm³/mol. The highest BCUT2D eigenvalue weighted by Gasteiger charge is 2.18. The maximum absolute atomic E-state index is 12.5. The zero-order chi connectivity index (χ0) is 19.5. The quantitative estimate of drug-likeness (QED) is 0.562. The molecular weight excluding hydrogens is 354 g/mol. The van der Waals surface area contributed by atoms with Crippen molar-refractivity contribution in [2.75, 3.05) is 0 Å². The molecule has 2 aromatic carbocycles. The van der Waals surface area contributed by atoms with Crippen LogP contribution in [-0.2, 0) is 6.54 Å². The molecule has 0 aliphatic carbocycles. The Morgan fingerprint density at radius 3 is 2.50 bits per heavy atom. The number of imidazole rings is 1. The Morgan fingerprint density at radius 2 is 1.79 bits per heavy atom. The first-order valence-corrected chi connectivity index (χ1v) is 8.98. The van der Waals surface area contributed by atoms with E-state index in [1.807, 2.05) is 67.6 Å². The van der Waals surface area contributed by atoms with Gasteiger partial charge >= 0.3 is 5.69 Å². The van der Waals surface area contributed by atoms with Crippen molar-refractivity contribution in [1.29, 1.82) is 0 Å². The van der Waals surface area contributed by atoms with Crippen LogP contribution in [0.15, 0.2) is 71.7 Å². The fourth-order valence-electron chi connectivity index (χ4n) is 3.11. The first-order chi connectivity index (χ1) is 13.6. The lowest BCUT2D eigenvalue weighted by molar-refractivity contribution is 0.0946. The van der Waals surface area contributed by atoms with Gasteiger partial charge in [-0.15, -0.1) is 0 Å². The molecule has 140 valence electrons. The fraction of sp³-hybridized carbons (Fsp3) is 0.143. The van der Waals surface area contributed by atoms with Crippen LogP contribution >= 0.6 is 0 Å². The second kappa shape index (κ2) is 7.48. The van der Waals surface area contributed by atoms with Crippen molar-refractivity contribution in [2.45, 2.75) is 19.5 Å². The predicted octanol–water partition coefficient (Wildman–Crippen LogP) is 2.66. The number of carbonyl (C=O) groups excluding carboxylic acids is 1. The molecule has 0 unspecified atom stereocenters. The average Bonchev–Trinajstić information content (AvgIpc) is 3.07. The first kappa shape index (κ1) is 17.7. The average molecular weight is 373 g/mol. The number of rotatable bonds is 5. The summed E-state index contributed by atoms with van der Waals surface area (Å²) in [5.41, 5.74) is 2.51. The van der Waals surface area contributed by atoms with Crippen LogP contribution in [0.3, 0.4) is 0 Å². The van der Waals surface area contributed by atoms with Crippen LogP contribution < -0.4 is 11.0 Å². The second-order valence-electron chi connectivity index (χ2n) is 6.48. The molecule has 0 spiro atoms. The molecule has 4 aromatic rings. The van der Waals surface area contributed by atoms with Gasteiger partial charge in [-0.05, 0) is 18.1 Å². The van der Waals surface area contributed by atoms with Gasteiger partial charge in [-0.1, -0.05) is 60.7 Å². The third-order valence-corrected chi connectivity index (χ3v) is 4.62. The maximum atomic E-state index is 12.5. The number of benzene rings is 2. The molecule has 0 bridgehead atoms. The molecule has 2 aromatic heterocycles. The number of nitrogens with zero attached hydrogens (tertiary/aromatic N) is 3. The number of hydrogen-bond acceptors (Lipinski definition) is 4. The highest BCUT2D eigenvalue weighted by Crippen LogP contribution is 2.19. The highest BCUT2D eigenvalue weighted by molar-refractivity contribution is 5.93. The Labute approximate surface area is 161 Å². The van der Waals surface area contributed by atoms with Crippen molar-refractivity contribution in [1.82, 2.24) is 24.8 Å². The van der Waals surface area contributed by atoms with E-state index in [9.17, 15) is 9.59 Å². The fourth-order valence-corrected chi connectivity index (χ4v) is 3.11. The van der Waals surface area contributed by atoms with Crippen molar-refractivity contribution in [3.63, 3.8) is 0 Å². The Bertz CT molecular complexity index is 1170. The van der Waals surface area contributed by atoms with Gasteiger partial charge in [-0.25, -0.2) is 14.8 Å². The lowest BCUT2D eigenvalue weighted by Gasteiger charge is -2.13. The third kappa shape index (κ3) is 3.42. The van der Waals surface area contributed by atoms with Crippen molar-refractivity contribution in [3.8, 4) is 0 Å². The summed E-state index contributed by atoms with van der Waals surface area (Å²) in [4.78, 5) is 36.3. The lowest BCUT2D eigenvalue weighted by Crippen LogP contribution is -2.25. The number of amides is 1. The molecule has 0 fully saturated rings. The van der Waals surface area contributed by atoms with E-state index >= 15 is 0 Å². The van der Waals surface area contributed by atoms with Crippen molar-refractivity contribution < 1.29 is 4.79 Å². The van der Waals surface area contributed by atoms with Crippen molar-refractivity contribution in [2.24, 2.45) is 0 Å². The number of H-pyrrole nitrogens is 1. The minimum Gasteiger partial charge on any atom is -0.347 e. The van der Waals surface area contributed by atoms with Crippen molar-refractivity contribution in [3.05, 3.63) is 94.2 Å². The summed E-state index contributed by atoms with van der Waals surface area (Å²) in [7, 11) is 0. The van der Waals surface area contributed by atoms with E-state index in [1.165, 1.54) is 10.8 Å². The Hall–Kier alpha value is -3.74. The third-order valence-electron chi connectivity index (χ3n) is 4.62. The van der Waals surface area contributed by atoms with E-state index in [2.05, 4.69) is 20.3 Å². The summed E-state index contributed by atoms with van der Waals surface area (Å²) in [6.45, 7) is 2.30. The van der Waals surface area contributed by atoms with Crippen molar-refractivity contribution >= 4 is 17.2 Å². The molecule has 4 rings (SSSR count). The molecule has 7 heteroatoms. The van der Waals surface area contributed by atoms with E-state index in [4.69, 9.17) is 0 Å². The van der Waals surface area contributed by atoms with Crippen LogP contribution in [0.25, 0.3) is 11.3 Å². The zero-order valence-corrected chi connectivity index (χ0v) is 15.3. The van der Waals surface area contributed by atoms with Gasteiger partial charge in [-0.3, -0.25) is 14.3 Å². The molecule has 28 heavy (non-hydrogen) atoms. The molecule has 0 saturated carbocycles. The summed E-state index contributed by atoms with van der Waals surface area (Å²) in [6.07, 6.45) is 1.37. The number of fused-ring (bicyclic) bond motifs is 1. The van der Waals surface area contributed by atoms with Crippen LogP contribution in [0, 0.1) is 0 Å². The van der Waals surface area contributed by atoms with E-state index in [0.29, 0.717) is 17.8 Å². The number of nitrogens with one attached hydrogen (secondary N) is 2. The SMILES string of the molecule is C[C@@H](c1ccccc1)n1c(=O)[nH]c2ncc(C(=O)NCc3ccccc3)nc21. The minimum atomic E-state index is -0.342. The molecule has 0 radical (unpaired) electrons. The monoisotopic (exact) mass is 373 g/mol. The zero-order valence-electron chi connectivity index (χ0n) is 15.3. The van der Waals surface area contributed by atoms with Crippen LogP contribution in [0.5, 0.6) is 0 Å². The van der Waals surface area contributed by atoms with E-state index in [1.54, 1.807) is 0 Å². The molecule has 7 nitrogen and oxygen atoms in total. The first-order valence-electron chi connectivity index (χ1n) is 8.98. The van der Waals surface area contributed by atoms with Gasteiger partial charge in [0.1, 0.15) is 5.69 Å². The van der Waals surface area contributed by atoms with Gasteiger partial charge in [0.2, 0.25) is 0 Å². The number of carbonyl (C=O) groups is 1. The van der Waals surface area contributed by atoms with Crippen LogP contribution in [0.4, 0.5) is 0 Å². The smallest absolute Gasteiger partial charge is 0.329 e. The molecule has 0 saturated heterocycles. The molecular formula is C21H19N5O2. The topological polar surface area (TPSA) is 92.7 Å². The van der Waals surface area contributed by atoms with Gasteiger partial charge in [0, 0.05) is 6.54 Å². The molecule has 0 aliphatic heterocycles. The van der Waals surface area contributed by atoms with Gasteiger partial charge in [0.15, 0.2) is 11.3 Å². The van der Waals surface area contributed by atoms with Crippen LogP contribution in [0.1, 0.15) is 34.6 Å². The van der Waals surface area contributed by atoms with Gasteiger partial charge < -0.3 is 5.32 Å². The Balaban J connectivity index is 1.65. The molecule has 1 atom stereocenters. The summed E-state index contributed by atoms with van der Waals surface area (Å²) in [5.74, 6) is -0.342. The molecule has 1 amide bonds. The largest absolute Gasteiger partial charge is 0.347 e. The maximum Gasteiger partial charge on any atom is 0.329 e. The summed E-state index contributed by atoms with van der Waals surface area (Å²) in [6, 6.07) is 19.0. The normalized spacial score (nSPS) is 12.0. The van der Waals surface area contributed by atoms with E-state index in [0.717, 1.165) is 11.1 Å². The van der Waals surface area contributed by atoms with E-state index < -0.39 is 0 Å². The van der Waals surface area contributed by atoms with Crippen LogP contribution in [0.2, 0.25) is 0 Å². The summed E-state index contributed by atoms with van der Waals surface area (Å²) >= 11 is 0. The molecule has 2 N–H and O–H groups in total. The number of aromatic amines is 1. The van der Waals surface area contributed by atoms with E-state index in [-0.39, 0.29) is 23.3 Å². The van der Waals surface area contributed by atoms with Gasteiger partial charge in [-0.2, -0.15) is 0 Å². The highest BCUT2D eigenvalue weighted by atomic mass is 16.2. The summed E-state index contributed by atoms with van der Waals surface area (Å²) in [5, 5.41) is 2.83. The number of aromatic nitrogens is 4. The molecule has 0 aliphatic rings. The van der Waals surface area contributed by atoms with Gasteiger partial charge in [0.05, 0.1) is 12.2 Å². The standard InChI is InChI=1S/C21H19N5O2/c1-14(16-10-6-3-7-11-16)26-19-18(25-21(26)28)22-13-17(24-19)20(27)23-12-15-8-4-2-5-9-15/h2-11,13-14H,12H2,1H3,(H,23,27)(H,22,25,28)/t14-/m0/s1. The number of hydrogen-bond donors (Lipinski definition) is 2. The Kier molecular flexibility index (Phi) is 4.72.